The van der Waals surface area contributed by atoms with Crippen LogP contribution in [0.5, 0.6) is 5.75 Å². The molecule has 2 heterocycles. The van der Waals surface area contributed by atoms with Gasteiger partial charge in [0.25, 0.3) is 0 Å². The molecule has 0 saturated heterocycles. The van der Waals surface area contributed by atoms with Crippen molar-refractivity contribution < 1.29 is 18.7 Å². The topological polar surface area (TPSA) is 71.8 Å². The smallest absolute Gasteiger partial charge is 0.224 e. The molecule has 32 heavy (non-hydrogen) atoms. The van der Waals surface area contributed by atoms with Gasteiger partial charge < -0.3 is 14.5 Å². The zero-order valence-electron chi connectivity index (χ0n) is 18.0. The number of Topliss-reactive ketones (excluding diaryl/α,β-unsaturated/α-hetero) is 1. The molecule has 1 aliphatic heterocycles. The van der Waals surface area contributed by atoms with Gasteiger partial charge in [0.05, 0.1) is 24.7 Å². The summed E-state index contributed by atoms with van der Waals surface area (Å²) in [5, 5.41) is 3.49. The second-order valence-electron chi connectivity index (χ2n) is 8.14. The van der Waals surface area contributed by atoms with Crippen molar-refractivity contribution >= 4 is 23.1 Å². The molecular weight excluding hydrogens is 404 g/mol. The number of carbonyl (C=O) groups excluding carboxylic acids is 2. The molecular formula is C26H24N2O4. The number of fused-ring (bicyclic) bond motifs is 1. The zero-order valence-corrected chi connectivity index (χ0v) is 18.0. The van der Waals surface area contributed by atoms with Gasteiger partial charge in [0.1, 0.15) is 17.6 Å². The number of allylic oxidation sites excluding steroid dienone is 1. The van der Waals surface area contributed by atoms with Crippen molar-refractivity contribution in [1.29, 1.82) is 0 Å². The summed E-state index contributed by atoms with van der Waals surface area (Å²) >= 11 is 0. The van der Waals surface area contributed by atoms with Crippen LogP contribution >= 0.6 is 0 Å². The fourth-order valence-corrected chi connectivity index (χ4v) is 4.77. The summed E-state index contributed by atoms with van der Waals surface area (Å²) in [6.07, 6.45) is 2.60. The van der Waals surface area contributed by atoms with Gasteiger partial charge in [0.15, 0.2) is 5.78 Å². The molecule has 3 aromatic rings. The second-order valence-corrected chi connectivity index (χ2v) is 8.14. The number of carbonyl (C=O) groups is 2. The fraction of sp³-hybridized carbons (Fsp3) is 0.231. The highest BCUT2D eigenvalue weighted by molar-refractivity contribution is 6.05. The van der Waals surface area contributed by atoms with Gasteiger partial charge in [-0.25, -0.2) is 0 Å². The molecule has 2 aliphatic rings. The number of ketones is 1. The molecule has 6 heteroatoms. The Morgan fingerprint density at radius 2 is 1.84 bits per heavy atom. The maximum atomic E-state index is 13.6. The second kappa shape index (κ2) is 8.04. The van der Waals surface area contributed by atoms with Crippen molar-refractivity contribution in [3.05, 3.63) is 89.5 Å². The third kappa shape index (κ3) is 3.38. The SMILES string of the molecule is COc1ccc([C@H]2CC(=O)C3=C(C2)Nc2ccccc2N(C(C)=O)[C@H]3c2ccco2)cc1. The molecule has 0 radical (unpaired) electrons. The number of anilines is 2. The van der Waals surface area contributed by atoms with Crippen LogP contribution in [0.4, 0.5) is 11.4 Å². The Kier molecular flexibility index (Phi) is 5.05. The molecule has 0 bridgehead atoms. The van der Waals surface area contributed by atoms with E-state index in [9.17, 15) is 9.59 Å². The van der Waals surface area contributed by atoms with E-state index in [2.05, 4.69) is 5.32 Å². The van der Waals surface area contributed by atoms with E-state index in [1.165, 1.54) is 6.92 Å². The van der Waals surface area contributed by atoms with Crippen LogP contribution in [-0.4, -0.2) is 18.8 Å². The molecule has 2 aromatic carbocycles. The number of amides is 1. The van der Waals surface area contributed by atoms with Crippen molar-refractivity contribution in [2.75, 3.05) is 17.3 Å². The molecule has 1 aliphatic carbocycles. The quantitative estimate of drug-likeness (QED) is 0.620. The van der Waals surface area contributed by atoms with Gasteiger partial charge in [-0.15, -0.1) is 0 Å². The number of ether oxygens (including phenoxy) is 1. The molecule has 6 nitrogen and oxygen atoms in total. The molecule has 5 rings (SSSR count). The van der Waals surface area contributed by atoms with Crippen molar-refractivity contribution in [1.82, 2.24) is 0 Å². The van der Waals surface area contributed by atoms with E-state index in [4.69, 9.17) is 9.15 Å². The van der Waals surface area contributed by atoms with Crippen LogP contribution in [0.3, 0.4) is 0 Å². The first-order chi connectivity index (χ1) is 15.6. The zero-order chi connectivity index (χ0) is 22.2. The Morgan fingerprint density at radius 3 is 2.53 bits per heavy atom. The number of hydrogen-bond acceptors (Lipinski definition) is 5. The minimum absolute atomic E-state index is 0.0139. The Morgan fingerprint density at radius 1 is 1.06 bits per heavy atom. The van der Waals surface area contributed by atoms with Crippen molar-refractivity contribution in [3.8, 4) is 5.75 Å². The van der Waals surface area contributed by atoms with Crippen LogP contribution in [0.1, 0.15) is 43.0 Å². The predicted octanol–water partition coefficient (Wildman–Crippen LogP) is 5.21. The Labute approximate surface area is 186 Å². The molecule has 1 amide bonds. The molecule has 2 atom stereocenters. The highest BCUT2D eigenvalue weighted by Crippen LogP contribution is 2.47. The summed E-state index contributed by atoms with van der Waals surface area (Å²) in [5.41, 5.74) is 4.04. The number of hydrogen-bond donors (Lipinski definition) is 1. The van der Waals surface area contributed by atoms with Crippen molar-refractivity contribution in [3.63, 3.8) is 0 Å². The minimum atomic E-state index is -0.613. The number of rotatable bonds is 3. The first-order valence-corrected chi connectivity index (χ1v) is 10.7. The Balaban J connectivity index is 1.64. The van der Waals surface area contributed by atoms with Gasteiger partial charge in [0, 0.05) is 24.6 Å². The van der Waals surface area contributed by atoms with Crippen LogP contribution in [0.25, 0.3) is 0 Å². The average molecular weight is 428 g/mol. The monoisotopic (exact) mass is 428 g/mol. The Hall–Kier alpha value is -3.80. The van der Waals surface area contributed by atoms with Gasteiger partial charge in [-0.1, -0.05) is 24.3 Å². The fourth-order valence-electron chi connectivity index (χ4n) is 4.77. The van der Waals surface area contributed by atoms with Crippen LogP contribution < -0.4 is 15.0 Å². The minimum Gasteiger partial charge on any atom is -0.497 e. The van der Waals surface area contributed by atoms with E-state index in [0.717, 1.165) is 28.4 Å². The number of para-hydroxylation sites is 2. The number of nitrogens with zero attached hydrogens (tertiary/aromatic N) is 1. The lowest BCUT2D eigenvalue weighted by molar-refractivity contribution is -0.117. The van der Waals surface area contributed by atoms with Crippen molar-refractivity contribution in [2.24, 2.45) is 0 Å². The summed E-state index contributed by atoms with van der Waals surface area (Å²) in [4.78, 5) is 28.1. The highest BCUT2D eigenvalue weighted by Gasteiger charge is 2.41. The summed E-state index contributed by atoms with van der Waals surface area (Å²) in [6, 6.07) is 18.5. The number of furan rings is 1. The maximum Gasteiger partial charge on any atom is 0.224 e. The standard InChI is InChI=1S/C26H24N2O4/c1-16(29)28-22-7-4-3-6-20(22)27-21-14-18(17-9-11-19(31-2)12-10-17)15-23(30)25(21)26(28)24-8-5-13-32-24/h3-13,18,26-27H,14-15H2,1-2H3/t18-,26+/m1/s1. The maximum absolute atomic E-state index is 13.6. The van der Waals surface area contributed by atoms with Crippen LogP contribution in [0.15, 0.2) is 82.6 Å². The van der Waals surface area contributed by atoms with Crippen LogP contribution in [-0.2, 0) is 9.59 Å². The lowest BCUT2D eigenvalue weighted by Gasteiger charge is -2.33. The number of benzene rings is 2. The summed E-state index contributed by atoms with van der Waals surface area (Å²) < 4.78 is 11.0. The Bertz CT molecular complexity index is 1190. The van der Waals surface area contributed by atoms with E-state index < -0.39 is 6.04 Å². The summed E-state index contributed by atoms with van der Waals surface area (Å²) in [6.45, 7) is 1.52. The van der Waals surface area contributed by atoms with Crippen LogP contribution in [0, 0.1) is 0 Å². The van der Waals surface area contributed by atoms with Gasteiger partial charge >= 0.3 is 0 Å². The first-order valence-electron chi connectivity index (χ1n) is 10.7. The molecule has 162 valence electrons. The third-order valence-electron chi connectivity index (χ3n) is 6.23. The molecule has 0 saturated carbocycles. The normalized spacial score (nSPS) is 20.2. The summed E-state index contributed by atoms with van der Waals surface area (Å²) in [7, 11) is 1.64. The van der Waals surface area contributed by atoms with Crippen LogP contribution in [0.2, 0.25) is 0 Å². The first kappa shape index (κ1) is 20.1. The number of nitrogens with one attached hydrogen (secondary N) is 1. The van der Waals surface area contributed by atoms with Gasteiger partial charge in [-0.05, 0) is 54.3 Å². The molecule has 0 unspecified atom stereocenters. The van der Waals surface area contributed by atoms with E-state index in [-0.39, 0.29) is 17.6 Å². The third-order valence-corrected chi connectivity index (χ3v) is 6.23. The highest BCUT2D eigenvalue weighted by atomic mass is 16.5. The van der Waals surface area contributed by atoms with E-state index in [0.29, 0.717) is 24.2 Å². The van der Waals surface area contributed by atoms with Gasteiger partial charge in [-0.2, -0.15) is 0 Å². The number of methoxy groups -OCH3 is 1. The molecule has 0 fully saturated rings. The predicted molar refractivity (Wildman–Crippen MR) is 122 cm³/mol. The lowest BCUT2D eigenvalue weighted by Crippen LogP contribution is -2.37. The molecule has 1 aromatic heterocycles. The summed E-state index contributed by atoms with van der Waals surface area (Å²) in [5.74, 6) is 1.25. The van der Waals surface area contributed by atoms with Gasteiger partial charge in [0.2, 0.25) is 5.91 Å². The molecule has 1 N–H and O–H groups in total. The largest absolute Gasteiger partial charge is 0.497 e. The van der Waals surface area contributed by atoms with E-state index in [1.807, 2.05) is 54.6 Å². The van der Waals surface area contributed by atoms with Crippen molar-refractivity contribution in [2.45, 2.75) is 31.7 Å². The average Bonchev–Trinajstić information content (AvgIpc) is 3.28. The van der Waals surface area contributed by atoms with E-state index in [1.54, 1.807) is 24.3 Å². The van der Waals surface area contributed by atoms with Gasteiger partial charge in [-0.3, -0.25) is 14.5 Å². The molecule has 0 spiro atoms. The van der Waals surface area contributed by atoms with E-state index >= 15 is 0 Å². The lowest BCUT2D eigenvalue weighted by atomic mass is 9.79.